The highest BCUT2D eigenvalue weighted by Crippen LogP contribution is 2.25. The van der Waals surface area contributed by atoms with E-state index in [2.05, 4.69) is 24.1 Å². The number of piperidine rings is 1. The normalized spacial score (nSPS) is 14.4. The van der Waals surface area contributed by atoms with E-state index < -0.39 is 0 Å². The van der Waals surface area contributed by atoms with E-state index >= 15 is 0 Å². The number of hydrogen-bond acceptors (Lipinski definition) is 3. The van der Waals surface area contributed by atoms with Gasteiger partial charge in [-0.05, 0) is 67.8 Å². The first-order valence-corrected chi connectivity index (χ1v) is 11.5. The minimum absolute atomic E-state index is 0.0397. The van der Waals surface area contributed by atoms with E-state index in [-0.39, 0.29) is 17.7 Å². The van der Waals surface area contributed by atoms with Crippen LogP contribution >= 0.6 is 0 Å². The van der Waals surface area contributed by atoms with Crippen molar-refractivity contribution in [3.8, 4) is 0 Å². The quantitative estimate of drug-likeness (QED) is 0.588. The van der Waals surface area contributed by atoms with Crippen molar-refractivity contribution in [3.63, 3.8) is 0 Å². The van der Waals surface area contributed by atoms with Crippen LogP contribution in [-0.4, -0.2) is 42.9 Å². The van der Waals surface area contributed by atoms with Crippen LogP contribution in [0.5, 0.6) is 0 Å². The summed E-state index contributed by atoms with van der Waals surface area (Å²) < 4.78 is 0. The monoisotopic (exact) mass is 429 g/mol. The minimum atomic E-state index is -0.0750. The summed E-state index contributed by atoms with van der Waals surface area (Å²) in [7, 11) is 0. The number of benzene rings is 3. The first-order valence-electron chi connectivity index (χ1n) is 11.5. The molecule has 1 fully saturated rings. The van der Waals surface area contributed by atoms with Crippen molar-refractivity contribution in [2.75, 3.05) is 36.4 Å². The zero-order chi connectivity index (χ0) is 22.5. The molecule has 3 aromatic rings. The van der Waals surface area contributed by atoms with Gasteiger partial charge in [0, 0.05) is 49.0 Å². The van der Waals surface area contributed by atoms with Gasteiger partial charge in [-0.25, -0.2) is 0 Å². The molecule has 2 amide bonds. The lowest BCUT2D eigenvalue weighted by atomic mass is 9.94. The van der Waals surface area contributed by atoms with Gasteiger partial charge < -0.3 is 15.1 Å². The molecule has 0 saturated carbocycles. The van der Waals surface area contributed by atoms with Crippen molar-refractivity contribution in [2.45, 2.75) is 26.7 Å². The summed E-state index contributed by atoms with van der Waals surface area (Å²) in [6.45, 7) is 7.38. The van der Waals surface area contributed by atoms with Crippen molar-refractivity contribution < 1.29 is 9.59 Å². The van der Waals surface area contributed by atoms with Crippen LogP contribution in [0.15, 0.2) is 66.7 Å². The molecule has 0 spiro atoms. The maximum atomic E-state index is 13.1. The topological polar surface area (TPSA) is 52.7 Å². The minimum Gasteiger partial charge on any atom is -0.372 e. The summed E-state index contributed by atoms with van der Waals surface area (Å²) in [4.78, 5) is 30.1. The molecule has 4 rings (SSSR count). The Hall–Kier alpha value is -3.34. The largest absolute Gasteiger partial charge is 0.372 e. The van der Waals surface area contributed by atoms with Crippen LogP contribution in [0.25, 0.3) is 10.8 Å². The third-order valence-corrected chi connectivity index (χ3v) is 6.44. The first kappa shape index (κ1) is 21.9. The molecule has 5 nitrogen and oxygen atoms in total. The fraction of sp³-hybridized carbons (Fsp3) is 0.333. The molecule has 0 aliphatic carbocycles. The second-order valence-electron chi connectivity index (χ2n) is 8.30. The van der Waals surface area contributed by atoms with Crippen molar-refractivity contribution in [1.82, 2.24) is 4.90 Å². The van der Waals surface area contributed by atoms with Crippen molar-refractivity contribution in [3.05, 3.63) is 72.3 Å². The smallest absolute Gasteiger partial charge is 0.254 e. The number of rotatable bonds is 6. The van der Waals surface area contributed by atoms with E-state index in [1.807, 2.05) is 71.6 Å². The Morgan fingerprint density at radius 2 is 1.56 bits per heavy atom. The number of carbonyl (C=O) groups excluding carboxylic acids is 2. The van der Waals surface area contributed by atoms with Gasteiger partial charge in [-0.3, -0.25) is 9.59 Å². The summed E-state index contributed by atoms with van der Waals surface area (Å²) in [5.74, 6) is 0.0134. The highest BCUT2D eigenvalue weighted by molar-refractivity contribution is 6.07. The van der Waals surface area contributed by atoms with E-state index in [1.54, 1.807) is 0 Å². The molecule has 1 aliphatic rings. The summed E-state index contributed by atoms with van der Waals surface area (Å²) in [5.41, 5.74) is 2.72. The van der Waals surface area contributed by atoms with Crippen molar-refractivity contribution >= 4 is 34.0 Å². The number of amides is 2. The van der Waals surface area contributed by atoms with Crippen molar-refractivity contribution in [1.29, 1.82) is 0 Å². The van der Waals surface area contributed by atoms with Crippen LogP contribution in [0.4, 0.5) is 11.4 Å². The van der Waals surface area contributed by atoms with Crippen LogP contribution in [0.3, 0.4) is 0 Å². The van der Waals surface area contributed by atoms with Gasteiger partial charge in [-0.15, -0.1) is 0 Å². The molecule has 1 heterocycles. The van der Waals surface area contributed by atoms with E-state index in [1.165, 1.54) is 0 Å². The molecule has 0 atom stereocenters. The molecular formula is C27H31N3O2. The number of nitrogens with one attached hydrogen (secondary N) is 1. The molecule has 166 valence electrons. The predicted octanol–water partition coefficient (Wildman–Crippen LogP) is 5.18. The summed E-state index contributed by atoms with van der Waals surface area (Å²) in [6, 6.07) is 21.8. The fourth-order valence-corrected chi connectivity index (χ4v) is 4.52. The number of hydrogen-bond donors (Lipinski definition) is 1. The Labute approximate surface area is 190 Å². The Kier molecular flexibility index (Phi) is 6.74. The molecule has 3 aromatic carbocycles. The van der Waals surface area contributed by atoms with Gasteiger partial charge in [0.2, 0.25) is 5.91 Å². The van der Waals surface area contributed by atoms with Gasteiger partial charge in [-0.1, -0.05) is 36.4 Å². The van der Waals surface area contributed by atoms with Gasteiger partial charge in [0.05, 0.1) is 0 Å². The standard InChI is InChI=1S/C27H31N3O2/c1-3-29(4-2)23-14-12-22(13-15-23)28-26(31)21-16-18-30(19-17-21)27(32)25-11-7-9-20-8-5-6-10-24(20)25/h5-15,21H,3-4,16-19H2,1-2H3,(H,28,31). The van der Waals surface area contributed by atoms with Crippen LogP contribution in [-0.2, 0) is 4.79 Å². The Bertz CT molecular complexity index is 1080. The Balaban J connectivity index is 1.35. The summed E-state index contributed by atoms with van der Waals surface area (Å²) >= 11 is 0. The highest BCUT2D eigenvalue weighted by atomic mass is 16.2. The fourth-order valence-electron chi connectivity index (χ4n) is 4.52. The SMILES string of the molecule is CCN(CC)c1ccc(NC(=O)C2CCN(C(=O)c3cccc4ccccc34)CC2)cc1. The zero-order valence-corrected chi connectivity index (χ0v) is 18.9. The molecule has 0 bridgehead atoms. The van der Waals surface area contributed by atoms with Gasteiger partial charge in [-0.2, -0.15) is 0 Å². The lowest BCUT2D eigenvalue weighted by Crippen LogP contribution is -2.41. The third kappa shape index (κ3) is 4.62. The molecule has 0 radical (unpaired) electrons. The first-order chi connectivity index (χ1) is 15.6. The number of carbonyl (C=O) groups is 2. The lowest BCUT2D eigenvalue weighted by Gasteiger charge is -2.31. The molecule has 1 saturated heterocycles. The van der Waals surface area contributed by atoms with Gasteiger partial charge in [0.1, 0.15) is 0 Å². The van der Waals surface area contributed by atoms with Gasteiger partial charge in [0.15, 0.2) is 0 Å². The number of likely N-dealkylation sites (tertiary alicyclic amines) is 1. The van der Waals surface area contributed by atoms with Crippen LogP contribution in [0, 0.1) is 5.92 Å². The predicted molar refractivity (Wildman–Crippen MR) is 131 cm³/mol. The zero-order valence-electron chi connectivity index (χ0n) is 18.9. The van der Waals surface area contributed by atoms with Gasteiger partial charge >= 0.3 is 0 Å². The molecule has 0 unspecified atom stereocenters. The summed E-state index contributed by atoms with van der Waals surface area (Å²) in [6.07, 6.45) is 1.36. The maximum Gasteiger partial charge on any atom is 0.254 e. The highest BCUT2D eigenvalue weighted by Gasteiger charge is 2.28. The molecule has 0 aromatic heterocycles. The van der Waals surface area contributed by atoms with Crippen LogP contribution < -0.4 is 10.2 Å². The lowest BCUT2D eigenvalue weighted by molar-refractivity contribution is -0.121. The Morgan fingerprint density at radius 3 is 2.25 bits per heavy atom. The molecule has 5 heteroatoms. The second-order valence-corrected chi connectivity index (χ2v) is 8.30. The van der Waals surface area contributed by atoms with Crippen LogP contribution in [0.1, 0.15) is 37.0 Å². The molecule has 32 heavy (non-hydrogen) atoms. The van der Waals surface area contributed by atoms with Crippen LogP contribution in [0.2, 0.25) is 0 Å². The Morgan fingerprint density at radius 1 is 0.906 bits per heavy atom. The van der Waals surface area contributed by atoms with E-state index in [0.717, 1.165) is 40.8 Å². The number of fused-ring (bicyclic) bond motifs is 1. The third-order valence-electron chi connectivity index (χ3n) is 6.44. The molecule has 1 N–H and O–H groups in total. The molecule has 1 aliphatic heterocycles. The average Bonchev–Trinajstić information content (AvgIpc) is 2.85. The average molecular weight is 430 g/mol. The van der Waals surface area contributed by atoms with Crippen molar-refractivity contribution in [2.24, 2.45) is 5.92 Å². The number of anilines is 2. The van der Waals surface area contributed by atoms with E-state index in [0.29, 0.717) is 25.9 Å². The summed E-state index contributed by atoms with van der Waals surface area (Å²) in [5, 5.41) is 5.10. The van der Waals surface area contributed by atoms with Gasteiger partial charge in [0.25, 0.3) is 5.91 Å². The second kappa shape index (κ2) is 9.86. The molecular weight excluding hydrogens is 398 g/mol. The van der Waals surface area contributed by atoms with E-state index in [9.17, 15) is 9.59 Å². The maximum absolute atomic E-state index is 13.1. The number of nitrogens with zero attached hydrogens (tertiary/aromatic N) is 2. The van der Waals surface area contributed by atoms with E-state index in [4.69, 9.17) is 0 Å².